The minimum absolute atomic E-state index is 0.337. The summed E-state index contributed by atoms with van der Waals surface area (Å²) in [4.78, 5) is 12.9. The van der Waals surface area contributed by atoms with Crippen LogP contribution >= 0.6 is 0 Å². The average Bonchev–Trinajstić information content (AvgIpc) is 2.46. The Kier molecular flexibility index (Phi) is 4.41. The molecule has 2 aromatic rings. The van der Waals surface area contributed by atoms with E-state index in [1.54, 1.807) is 12.1 Å². The van der Waals surface area contributed by atoms with Gasteiger partial charge >= 0.3 is 5.97 Å². The van der Waals surface area contributed by atoms with Gasteiger partial charge in [0.1, 0.15) is 0 Å². The van der Waals surface area contributed by atoms with E-state index in [2.05, 4.69) is 29.2 Å². The molecule has 0 aliphatic heterocycles. The molecule has 0 saturated carbocycles. The van der Waals surface area contributed by atoms with Gasteiger partial charge in [0.15, 0.2) is 0 Å². The molecule has 3 nitrogen and oxygen atoms in total. The van der Waals surface area contributed by atoms with E-state index in [-0.39, 0.29) is 0 Å². The number of benzene rings is 2. The fraction of sp³-hybridized carbons (Fsp3) is 0.235. The molecule has 2 aromatic carbocycles. The standard InChI is InChI=1S/C17H19NO2/c1-18(2)16-11-7-14(8-12-16)4-3-13-5-9-15(10-6-13)17(19)20/h5-12H,3-4H2,1-2H3,(H,19,20). The lowest BCUT2D eigenvalue weighted by Gasteiger charge is -2.12. The molecule has 0 aromatic heterocycles. The topological polar surface area (TPSA) is 40.5 Å². The lowest BCUT2D eigenvalue weighted by molar-refractivity contribution is 0.0697. The molecule has 0 fully saturated rings. The zero-order valence-corrected chi connectivity index (χ0v) is 11.8. The second-order valence-corrected chi connectivity index (χ2v) is 5.06. The first-order valence-corrected chi connectivity index (χ1v) is 6.65. The van der Waals surface area contributed by atoms with Crippen LogP contribution in [-0.2, 0) is 12.8 Å². The van der Waals surface area contributed by atoms with E-state index < -0.39 is 5.97 Å². The van der Waals surface area contributed by atoms with Crippen molar-refractivity contribution in [2.24, 2.45) is 0 Å². The molecule has 0 saturated heterocycles. The Bertz CT molecular complexity index is 571. The zero-order valence-electron chi connectivity index (χ0n) is 11.8. The van der Waals surface area contributed by atoms with Gasteiger partial charge in [-0.25, -0.2) is 4.79 Å². The highest BCUT2D eigenvalue weighted by atomic mass is 16.4. The number of carboxylic acids is 1. The van der Waals surface area contributed by atoms with Crippen LogP contribution in [0.5, 0.6) is 0 Å². The van der Waals surface area contributed by atoms with Crippen LogP contribution in [0.1, 0.15) is 21.5 Å². The molecule has 0 unspecified atom stereocenters. The molecular formula is C17H19NO2. The van der Waals surface area contributed by atoms with Crippen molar-refractivity contribution in [1.82, 2.24) is 0 Å². The third kappa shape index (κ3) is 3.60. The molecule has 1 N–H and O–H groups in total. The number of aromatic carboxylic acids is 1. The molecule has 0 bridgehead atoms. The second-order valence-electron chi connectivity index (χ2n) is 5.06. The van der Waals surface area contributed by atoms with E-state index in [4.69, 9.17) is 5.11 Å². The first-order valence-electron chi connectivity index (χ1n) is 6.65. The summed E-state index contributed by atoms with van der Waals surface area (Å²) < 4.78 is 0. The van der Waals surface area contributed by atoms with Crippen molar-refractivity contribution in [3.8, 4) is 0 Å². The van der Waals surface area contributed by atoms with E-state index in [1.807, 2.05) is 26.2 Å². The SMILES string of the molecule is CN(C)c1ccc(CCc2ccc(C(=O)O)cc2)cc1. The third-order valence-electron chi connectivity index (χ3n) is 3.36. The monoisotopic (exact) mass is 269 g/mol. The quantitative estimate of drug-likeness (QED) is 0.906. The zero-order chi connectivity index (χ0) is 14.5. The third-order valence-corrected chi connectivity index (χ3v) is 3.36. The summed E-state index contributed by atoms with van der Waals surface area (Å²) in [5, 5.41) is 8.85. The first-order chi connectivity index (χ1) is 9.56. The number of carbonyl (C=O) groups is 1. The Hall–Kier alpha value is -2.29. The number of rotatable bonds is 5. The van der Waals surface area contributed by atoms with Gasteiger partial charge in [0, 0.05) is 19.8 Å². The van der Waals surface area contributed by atoms with Gasteiger partial charge in [-0.3, -0.25) is 0 Å². The smallest absolute Gasteiger partial charge is 0.335 e. The maximum absolute atomic E-state index is 10.8. The Morgan fingerprint density at radius 3 is 1.75 bits per heavy atom. The molecule has 0 aliphatic carbocycles. The maximum Gasteiger partial charge on any atom is 0.335 e. The fourth-order valence-corrected chi connectivity index (χ4v) is 2.06. The molecule has 20 heavy (non-hydrogen) atoms. The van der Waals surface area contributed by atoms with Gasteiger partial charge in [-0.15, -0.1) is 0 Å². The van der Waals surface area contributed by atoms with Gasteiger partial charge in [-0.2, -0.15) is 0 Å². The van der Waals surface area contributed by atoms with Crippen LogP contribution in [0.15, 0.2) is 48.5 Å². The summed E-state index contributed by atoms with van der Waals surface area (Å²) >= 11 is 0. The normalized spacial score (nSPS) is 10.3. The van der Waals surface area contributed by atoms with Crippen LogP contribution in [0.25, 0.3) is 0 Å². The molecule has 0 radical (unpaired) electrons. The van der Waals surface area contributed by atoms with E-state index in [0.29, 0.717) is 5.56 Å². The number of aryl methyl sites for hydroxylation is 2. The number of carboxylic acid groups (broad SMARTS) is 1. The summed E-state index contributed by atoms with van der Waals surface area (Å²) in [5.74, 6) is -0.879. The molecule has 0 spiro atoms. The predicted octanol–water partition coefficient (Wildman–Crippen LogP) is 3.24. The highest BCUT2D eigenvalue weighted by molar-refractivity contribution is 5.87. The van der Waals surface area contributed by atoms with E-state index in [0.717, 1.165) is 18.4 Å². The van der Waals surface area contributed by atoms with Crippen LogP contribution in [-0.4, -0.2) is 25.2 Å². The van der Waals surface area contributed by atoms with Crippen LogP contribution < -0.4 is 4.90 Å². The molecule has 104 valence electrons. The maximum atomic E-state index is 10.8. The number of nitrogens with zero attached hydrogens (tertiary/aromatic N) is 1. The van der Waals surface area contributed by atoms with Crippen molar-refractivity contribution in [2.45, 2.75) is 12.8 Å². The Morgan fingerprint density at radius 2 is 1.35 bits per heavy atom. The van der Waals surface area contributed by atoms with E-state index >= 15 is 0 Å². The molecule has 0 aliphatic rings. The Labute approximate surface area is 119 Å². The first kappa shape index (κ1) is 14.1. The van der Waals surface area contributed by atoms with Crippen LogP contribution in [0.4, 0.5) is 5.69 Å². The van der Waals surface area contributed by atoms with Gasteiger partial charge in [0.05, 0.1) is 5.56 Å². The van der Waals surface area contributed by atoms with Gasteiger partial charge in [-0.05, 0) is 48.2 Å². The van der Waals surface area contributed by atoms with Gasteiger partial charge in [0.25, 0.3) is 0 Å². The highest BCUT2D eigenvalue weighted by Gasteiger charge is 2.02. The van der Waals surface area contributed by atoms with Crippen LogP contribution in [0, 0.1) is 0 Å². The van der Waals surface area contributed by atoms with Crippen molar-refractivity contribution in [1.29, 1.82) is 0 Å². The van der Waals surface area contributed by atoms with Crippen molar-refractivity contribution < 1.29 is 9.90 Å². The average molecular weight is 269 g/mol. The molecular weight excluding hydrogens is 250 g/mol. The summed E-state index contributed by atoms with van der Waals surface area (Å²) in [5.41, 5.74) is 3.98. The van der Waals surface area contributed by atoms with E-state index in [9.17, 15) is 4.79 Å². The summed E-state index contributed by atoms with van der Waals surface area (Å²) in [6.45, 7) is 0. The van der Waals surface area contributed by atoms with Crippen molar-refractivity contribution in [2.75, 3.05) is 19.0 Å². The summed E-state index contributed by atoms with van der Waals surface area (Å²) in [6, 6.07) is 15.6. The Balaban J connectivity index is 1.96. The minimum atomic E-state index is -0.879. The minimum Gasteiger partial charge on any atom is -0.478 e. The molecule has 2 rings (SSSR count). The van der Waals surface area contributed by atoms with Gasteiger partial charge in [-0.1, -0.05) is 24.3 Å². The predicted molar refractivity (Wildman–Crippen MR) is 81.6 cm³/mol. The molecule has 0 amide bonds. The van der Waals surface area contributed by atoms with Crippen molar-refractivity contribution in [3.05, 3.63) is 65.2 Å². The number of anilines is 1. The molecule has 0 heterocycles. The largest absolute Gasteiger partial charge is 0.478 e. The Morgan fingerprint density at radius 1 is 0.900 bits per heavy atom. The lowest BCUT2D eigenvalue weighted by Crippen LogP contribution is -2.08. The van der Waals surface area contributed by atoms with Gasteiger partial charge < -0.3 is 10.0 Å². The summed E-state index contributed by atoms with van der Waals surface area (Å²) in [7, 11) is 4.05. The van der Waals surface area contributed by atoms with Crippen molar-refractivity contribution >= 4 is 11.7 Å². The molecule has 3 heteroatoms. The summed E-state index contributed by atoms with van der Waals surface area (Å²) in [6.07, 6.45) is 1.88. The fourth-order valence-electron chi connectivity index (χ4n) is 2.06. The van der Waals surface area contributed by atoms with Gasteiger partial charge in [0.2, 0.25) is 0 Å². The second kappa shape index (κ2) is 6.24. The number of hydrogen-bond donors (Lipinski definition) is 1. The number of hydrogen-bond acceptors (Lipinski definition) is 2. The molecule has 0 atom stereocenters. The highest BCUT2D eigenvalue weighted by Crippen LogP contribution is 2.14. The van der Waals surface area contributed by atoms with Crippen LogP contribution in [0.3, 0.4) is 0 Å². The van der Waals surface area contributed by atoms with E-state index in [1.165, 1.54) is 11.3 Å². The van der Waals surface area contributed by atoms with Crippen LogP contribution in [0.2, 0.25) is 0 Å². The lowest BCUT2D eigenvalue weighted by atomic mass is 10.0. The van der Waals surface area contributed by atoms with Crippen molar-refractivity contribution in [3.63, 3.8) is 0 Å².